The lowest BCUT2D eigenvalue weighted by molar-refractivity contribution is -0.123. The van der Waals surface area contributed by atoms with Crippen LogP contribution >= 0.6 is 11.3 Å². The normalized spacial score (nSPS) is 12.4. The molecule has 0 saturated carbocycles. The van der Waals surface area contributed by atoms with Crippen LogP contribution < -0.4 is 5.32 Å². The molecular formula is C23H25N3O5S2. The number of carbonyl (C=O) groups is 2. The molecule has 2 aromatic carbocycles. The third-order valence-electron chi connectivity index (χ3n) is 4.87. The number of thiazole rings is 1. The number of anilines is 1. The molecular weight excluding hydrogens is 462 g/mol. The van der Waals surface area contributed by atoms with Crippen LogP contribution in [0.4, 0.5) is 5.13 Å². The summed E-state index contributed by atoms with van der Waals surface area (Å²) in [5.74, 6) is -1.33. The van der Waals surface area contributed by atoms with E-state index in [-0.39, 0.29) is 10.5 Å². The highest BCUT2D eigenvalue weighted by Gasteiger charge is 2.24. The van der Waals surface area contributed by atoms with Gasteiger partial charge in [-0.15, -0.1) is 11.3 Å². The van der Waals surface area contributed by atoms with Crippen LogP contribution in [-0.4, -0.2) is 48.8 Å². The van der Waals surface area contributed by atoms with Crippen molar-refractivity contribution in [3.05, 3.63) is 65.5 Å². The summed E-state index contributed by atoms with van der Waals surface area (Å²) in [5.41, 5.74) is 1.70. The van der Waals surface area contributed by atoms with Gasteiger partial charge in [0.15, 0.2) is 11.2 Å². The Labute approximate surface area is 197 Å². The third kappa shape index (κ3) is 5.84. The number of esters is 1. The van der Waals surface area contributed by atoms with Gasteiger partial charge in [-0.25, -0.2) is 18.2 Å². The third-order valence-corrected chi connectivity index (χ3v) is 7.67. The molecule has 10 heteroatoms. The second kappa shape index (κ2) is 10.7. The number of ether oxygens (including phenoxy) is 1. The second-order valence-electron chi connectivity index (χ2n) is 7.06. The first-order valence-corrected chi connectivity index (χ1v) is 12.7. The summed E-state index contributed by atoms with van der Waals surface area (Å²) in [6.45, 7) is 5.55. The fourth-order valence-electron chi connectivity index (χ4n) is 3.06. The lowest BCUT2D eigenvalue weighted by Gasteiger charge is -2.19. The molecule has 1 amide bonds. The van der Waals surface area contributed by atoms with Gasteiger partial charge in [-0.05, 0) is 25.1 Å². The van der Waals surface area contributed by atoms with Crippen molar-refractivity contribution in [3.63, 3.8) is 0 Å². The smallest absolute Gasteiger partial charge is 0.338 e. The molecule has 174 valence electrons. The average molecular weight is 488 g/mol. The van der Waals surface area contributed by atoms with Crippen LogP contribution in [0, 0.1) is 0 Å². The second-order valence-corrected chi connectivity index (χ2v) is 9.85. The van der Waals surface area contributed by atoms with Crippen molar-refractivity contribution in [1.29, 1.82) is 0 Å². The van der Waals surface area contributed by atoms with Crippen molar-refractivity contribution in [2.45, 2.75) is 31.8 Å². The lowest BCUT2D eigenvalue weighted by Crippen LogP contribution is -2.31. The van der Waals surface area contributed by atoms with E-state index in [0.29, 0.717) is 18.2 Å². The van der Waals surface area contributed by atoms with Crippen LogP contribution in [0.15, 0.2) is 64.9 Å². The van der Waals surface area contributed by atoms with Gasteiger partial charge in [0.05, 0.1) is 16.2 Å². The van der Waals surface area contributed by atoms with E-state index >= 15 is 0 Å². The number of amides is 1. The van der Waals surface area contributed by atoms with E-state index in [0.717, 1.165) is 11.3 Å². The first-order chi connectivity index (χ1) is 15.8. The van der Waals surface area contributed by atoms with Crippen LogP contribution in [0.25, 0.3) is 11.3 Å². The first kappa shape index (κ1) is 24.6. The van der Waals surface area contributed by atoms with Gasteiger partial charge in [-0.3, -0.25) is 10.1 Å². The van der Waals surface area contributed by atoms with Gasteiger partial charge < -0.3 is 4.74 Å². The summed E-state index contributed by atoms with van der Waals surface area (Å²) in [5, 5.41) is 4.85. The molecule has 1 atom stereocenters. The number of nitrogens with one attached hydrogen (secondary N) is 1. The molecule has 0 spiro atoms. The number of nitrogens with zero attached hydrogens (tertiary/aromatic N) is 2. The van der Waals surface area contributed by atoms with E-state index in [2.05, 4.69) is 10.3 Å². The number of hydrogen-bond acceptors (Lipinski definition) is 7. The molecule has 1 N–H and O–H groups in total. The maximum absolute atomic E-state index is 12.7. The maximum atomic E-state index is 12.7. The van der Waals surface area contributed by atoms with Crippen LogP contribution in [-0.2, 0) is 19.6 Å². The molecule has 0 bridgehead atoms. The van der Waals surface area contributed by atoms with Gasteiger partial charge >= 0.3 is 5.97 Å². The Bertz CT molecular complexity index is 1220. The highest BCUT2D eigenvalue weighted by Crippen LogP contribution is 2.25. The van der Waals surface area contributed by atoms with E-state index in [1.807, 2.05) is 35.7 Å². The standard InChI is InChI=1S/C23H25N3O5S2/c1-4-26(5-2)33(29,30)19-13-9-12-18(14-19)22(28)31-16(3)21(27)25-23-24-20(15-32-23)17-10-7-6-8-11-17/h6-16H,4-5H2,1-3H3,(H,24,25,27). The predicted molar refractivity (Wildman–Crippen MR) is 128 cm³/mol. The van der Waals surface area contributed by atoms with Crippen molar-refractivity contribution in [2.24, 2.45) is 0 Å². The Balaban J connectivity index is 1.66. The van der Waals surface area contributed by atoms with Crippen molar-refractivity contribution in [1.82, 2.24) is 9.29 Å². The van der Waals surface area contributed by atoms with Gasteiger partial charge in [-0.1, -0.05) is 50.2 Å². The topological polar surface area (TPSA) is 106 Å². The largest absolute Gasteiger partial charge is 0.449 e. The zero-order valence-electron chi connectivity index (χ0n) is 18.5. The average Bonchev–Trinajstić information content (AvgIpc) is 3.28. The zero-order valence-corrected chi connectivity index (χ0v) is 20.2. The quantitative estimate of drug-likeness (QED) is 0.457. The van der Waals surface area contributed by atoms with Gasteiger partial charge in [0.25, 0.3) is 5.91 Å². The van der Waals surface area contributed by atoms with E-state index < -0.39 is 28.0 Å². The van der Waals surface area contributed by atoms with Gasteiger partial charge in [-0.2, -0.15) is 4.31 Å². The van der Waals surface area contributed by atoms with Crippen molar-refractivity contribution < 1.29 is 22.7 Å². The van der Waals surface area contributed by atoms with E-state index in [1.165, 1.54) is 46.8 Å². The van der Waals surface area contributed by atoms with Gasteiger partial charge in [0.2, 0.25) is 10.0 Å². The molecule has 3 rings (SSSR count). The summed E-state index contributed by atoms with van der Waals surface area (Å²) in [7, 11) is -3.72. The van der Waals surface area contributed by atoms with Crippen LogP contribution in [0.1, 0.15) is 31.1 Å². The minimum absolute atomic E-state index is 0.00557. The molecule has 0 radical (unpaired) electrons. The zero-order chi connectivity index (χ0) is 24.0. The van der Waals surface area contributed by atoms with E-state index in [9.17, 15) is 18.0 Å². The molecule has 0 aliphatic rings. The summed E-state index contributed by atoms with van der Waals surface area (Å²) < 4.78 is 32.0. The van der Waals surface area contributed by atoms with E-state index in [1.54, 1.807) is 13.8 Å². The molecule has 3 aromatic rings. The van der Waals surface area contributed by atoms with Crippen molar-refractivity contribution in [3.8, 4) is 11.3 Å². The van der Waals surface area contributed by atoms with Gasteiger partial charge in [0, 0.05) is 24.0 Å². The first-order valence-electron chi connectivity index (χ1n) is 10.4. The molecule has 0 aliphatic carbocycles. The summed E-state index contributed by atoms with van der Waals surface area (Å²) in [4.78, 5) is 29.4. The van der Waals surface area contributed by atoms with Crippen molar-refractivity contribution >= 4 is 38.4 Å². The minimum atomic E-state index is -3.72. The maximum Gasteiger partial charge on any atom is 0.338 e. The molecule has 0 aliphatic heterocycles. The highest BCUT2D eigenvalue weighted by atomic mass is 32.2. The number of aromatic nitrogens is 1. The molecule has 0 fully saturated rings. The fourth-order valence-corrected chi connectivity index (χ4v) is 5.28. The van der Waals surface area contributed by atoms with Crippen LogP contribution in [0.5, 0.6) is 0 Å². The van der Waals surface area contributed by atoms with Gasteiger partial charge in [0.1, 0.15) is 0 Å². The Hall–Kier alpha value is -3.08. The number of hydrogen-bond donors (Lipinski definition) is 1. The Morgan fingerprint density at radius 3 is 2.45 bits per heavy atom. The number of benzene rings is 2. The highest BCUT2D eigenvalue weighted by molar-refractivity contribution is 7.89. The number of sulfonamides is 1. The molecule has 8 nitrogen and oxygen atoms in total. The molecule has 1 aromatic heterocycles. The fraction of sp³-hybridized carbons (Fsp3) is 0.261. The number of carbonyl (C=O) groups excluding carboxylic acids is 2. The number of rotatable bonds is 9. The Kier molecular flexibility index (Phi) is 7.96. The summed E-state index contributed by atoms with van der Waals surface area (Å²) in [6, 6.07) is 15.1. The molecule has 1 unspecified atom stereocenters. The Morgan fingerprint density at radius 1 is 1.09 bits per heavy atom. The van der Waals surface area contributed by atoms with Crippen molar-refractivity contribution in [2.75, 3.05) is 18.4 Å². The SMILES string of the molecule is CCN(CC)S(=O)(=O)c1cccc(C(=O)OC(C)C(=O)Nc2nc(-c3ccccc3)cs2)c1. The van der Waals surface area contributed by atoms with Crippen LogP contribution in [0.3, 0.4) is 0 Å². The minimum Gasteiger partial charge on any atom is -0.449 e. The molecule has 33 heavy (non-hydrogen) atoms. The predicted octanol–water partition coefficient (Wildman–Crippen LogP) is 4.02. The van der Waals surface area contributed by atoms with E-state index in [4.69, 9.17) is 4.74 Å². The molecule has 1 heterocycles. The monoisotopic (exact) mass is 487 g/mol. The summed E-state index contributed by atoms with van der Waals surface area (Å²) >= 11 is 1.26. The Morgan fingerprint density at radius 2 is 1.79 bits per heavy atom. The summed E-state index contributed by atoms with van der Waals surface area (Å²) in [6.07, 6.45) is -1.11. The lowest BCUT2D eigenvalue weighted by atomic mass is 10.2. The molecule has 0 saturated heterocycles. The van der Waals surface area contributed by atoms with Crippen LogP contribution in [0.2, 0.25) is 0 Å².